The van der Waals surface area contributed by atoms with E-state index >= 15 is 0 Å². The van der Waals surface area contributed by atoms with Crippen LogP contribution in [0, 0.1) is 0 Å². The van der Waals surface area contributed by atoms with Crippen molar-refractivity contribution in [2.75, 3.05) is 37.8 Å². The number of nitrogens with one attached hydrogen (secondary N) is 2. The first-order valence-corrected chi connectivity index (χ1v) is 13.8. The number of quaternary nitrogens is 1. The summed E-state index contributed by atoms with van der Waals surface area (Å²) in [5.41, 5.74) is 3.82. The van der Waals surface area contributed by atoms with E-state index in [0.29, 0.717) is 24.2 Å². The first-order valence-electron chi connectivity index (χ1n) is 13.4. The number of hydrogen-bond donors (Lipinski definition) is 2. The fraction of sp³-hybridized carbons (Fsp3) is 0.323. The van der Waals surface area contributed by atoms with Crippen molar-refractivity contribution in [1.82, 2.24) is 0 Å². The van der Waals surface area contributed by atoms with E-state index in [1.54, 1.807) is 0 Å². The van der Waals surface area contributed by atoms with Crippen molar-refractivity contribution in [3.05, 3.63) is 82.9 Å². The number of carboxylic acid groups (broad SMARTS) is 1. The van der Waals surface area contributed by atoms with Crippen molar-refractivity contribution in [2.45, 2.75) is 38.2 Å². The Morgan fingerprint density at radius 2 is 1.63 bits per heavy atom. The van der Waals surface area contributed by atoms with Gasteiger partial charge in [-0.25, -0.2) is 4.79 Å². The van der Waals surface area contributed by atoms with Gasteiger partial charge in [0, 0.05) is 24.8 Å². The van der Waals surface area contributed by atoms with Crippen molar-refractivity contribution in [1.29, 1.82) is 0 Å². The predicted molar refractivity (Wildman–Crippen MR) is 170 cm³/mol. The second-order valence-corrected chi connectivity index (χ2v) is 11.1. The zero-order valence-corrected chi connectivity index (χ0v) is 26.2. The zero-order chi connectivity index (χ0) is 28.7. The summed E-state index contributed by atoms with van der Waals surface area (Å²) in [4.78, 5) is 36.2. The zero-order valence-electron chi connectivity index (χ0n) is 23.2. The highest BCUT2D eigenvalue weighted by atomic mass is 127. The number of aryl methyl sites for hydroxylation is 1. The molecule has 10 heteroatoms. The number of carbonyl (C=O) groups excluding carboxylic acids is 3. The van der Waals surface area contributed by atoms with Crippen LogP contribution in [0.4, 0.5) is 16.2 Å². The minimum atomic E-state index is -1.33. The second-order valence-electron chi connectivity index (χ2n) is 10.7. The van der Waals surface area contributed by atoms with Gasteiger partial charge in [-0.1, -0.05) is 54.1 Å². The smallest absolute Gasteiger partial charge is 0.411 e. The molecule has 1 saturated heterocycles. The summed E-state index contributed by atoms with van der Waals surface area (Å²) >= 11 is 6.09. The topological polar surface area (TPSA) is 108 Å². The molecule has 0 unspecified atom stereocenters. The average Bonchev–Trinajstić information content (AvgIpc) is 2.92. The largest absolute Gasteiger partial charge is 0.545 e. The Morgan fingerprint density at radius 3 is 2.29 bits per heavy atom. The number of likely N-dealkylation sites (tertiary alicyclic amines) is 1. The molecule has 3 aromatic carbocycles. The van der Waals surface area contributed by atoms with E-state index in [1.807, 2.05) is 48.5 Å². The minimum Gasteiger partial charge on any atom is -0.545 e. The highest BCUT2D eigenvalue weighted by Gasteiger charge is 2.28. The summed E-state index contributed by atoms with van der Waals surface area (Å²) in [7, 11) is 4.37. The van der Waals surface area contributed by atoms with Crippen molar-refractivity contribution < 1.29 is 28.7 Å². The average molecular weight is 692 g/mol. The van der Waals surface area contributed by atoms with Gasteiger partial charge >= 0.3 is 6.09 Å². The van der Waals surface area contributed by atoms with Crippen LogP contribution in [0.3, 0.4) is 0 Å². The highest BCUT2D eigenvalue weighted by molar-refractivity contribution is 14.0. The molecule has 0 spiro atoms. The van der Waals surface area contributed by atoms with Crippen LogP contribution >= 0.6 is 35.6 Å². The number of carbonyl (C=O) groups is 3. The number of aromatic carboxylic acids is 1. The van der Waals surface area contributed by atoms with Crippen LogP contribution in [0.25, 0.3) is 11.1 Å². The molecule has 2 N–H and O–H groups in total. The van der Waals surface area contributed by atoms with Crippen molar-refractivity contribution in [3.63, 3.8) is 0 Å². The lowest BCUT2D eigenvalue weighted by atomic mass is 9.98. The van der Waals surface area contributed by atoms with E-state index in [-0.39, 0.29) is 53.0 Å². The molecule has 41 heavy (non-hydrogen) atoms. The molecular weight excluding hydrogens is 657 g/mol. The number of amides is 2. The number of ether oxygens (including phenoxy) is 1. The Bertz CT molecular complexity index is 1370. The summed E-state index contributed by atoms with van der Waals surface area (Å²) in [6.45, 7) is 1.95. The molecule has 218 valence electrons. The molecule has 0 atom stereocenters. The fourth-order valence-corrected chi connectivity index (χ4v) is 5.00. The van der Waals surface area contributed by atoms with Gasteiger partial charge in [-0.2, -0.15) is 0 Å². The summed E-state index contributed by atoms with van der Waals surface area (Å²) in [6, 6.07) is 19.7. The molecule has 0 radical (unpaired) electrons. The maximum absolute atomic E-state index is 12.8. The van der Waals surface area contributed by atoms with Crippen LogP contribution < -0.4 is 15.7 Å². The molecule has 0 bridgehead atoms. The molecule has 8 nitrogen and oxygen atoms in total. The van der Waals surface area contributed by atoms with Crippen molar-refractivity contribution >= 4 is 64.9 Å². The number of carboxylic acids is 1. The van der Waals surface area contributed by atoms with Crippen LogP contribution in [0.2, 0.25) is 5.02 Å². The van der Waals surface area contributed by atoms with Gasteiger partial charge in [0.2, 0.25) is 5.91 Å². The van der Waals surface area contributed by atoms with E-state index in [4.69, 9.17) is 16.3 Å². The number of anilines is 2. The molecule has 3 aromatic rings. The molecule has 4 rings (SSSR count). The number of hydrogen-bond acceptors (Lipinski definition) is 5. The van der Waals surface area contributed by atoms with Gasteiger partial charge < -0.3 is 24.4 Å². The summed E-state index contributed by atoms with van der Waals surface area (Å²) in [5, 5.41) is 16.8. The third-order valence-electron chi connectivity index (χ3n) is 7.14. The molecule has 1 aliphatic heterocycles. The Labute approximate surface area is 262 Å². The lowest BCUT2D eigenvalue weighted by molar-refractivity contribution is -0.896. The second kappa shape index (κ2) is 14.7. The Balaban J connectivity index is 0.00000462. The number of benzene rings is 3. The monoisotopic (exact) mass is 691 g/mol. The lowest BCUT2D eigenvalue weighted by Gasteiger charge is -2.36. The maximum Gasteiger partial charge on any atom is 0.411 e. The van der Waals surface area contributed by atoms with Crippen LogP contribution in [0.15, 0.2) is 66.7 Å². The first kappa shape index (κ1) is 32.4. The van der Waals surface area contributed by atoms with Crippen molar-refractivity contribution in [3.8, 4) is 11.1 Å². The standard InChI is InChI=1S/C31H34ClN3O5.HI/c1-35(2)17-15-24(16-18-35)40-31(39)34-27-13-11-21(19-25(27)22-8-4-3-5-9-22)7-6-10-29(36)33-28-14-12-23(30(37)38)20-26(28)32;/h3-5,8-9,11-14,19-20,24H,6-7,10,15-18H2,1-2H3,(H2-,33,34,36,37,38,39);1H. The van der Waals surface area contributed by atoms with Gasteiger partial charge in [0.05, 0.1) is 49.6 Å². The molecule has 0 aliphatic carbocycles. The first-order chi connectivity index (χ1) is 19.1. The van der Waals surface area contributed by atoms with E-state index in [9.17, 15) is 19.5 Å². The number of halogens is 2. The quantitative estimate of drug-likeness (QED) is 0.220. The van der Waals surface area contributed by atoms with E-state index in [2.05, 4.69) is 24.7 Å². The number of nitrogens with zero attached hydrogens (tertiary/aromatic N) is 1. The number of rotatable bonds is 9. The third-order valence-corrected chi connectivity index (χ3v) is 7.45. The van der Waals surface area contributed by atoms with Crippen LogP contribution in [0.5, 0.6) is 0 Å². The molecule has 1 aliphatic rings. The number of piperidine rings is 1. The van der Waals surface area contributed by atoms with Crippen molar-refractivity contribution in [2.24, 2.45) is 0 Å². The third kappa shape index (κ3) is 9.44. The van der Waals surface area contributed by atoms with E-state index in [1.165, 1.54) is 18.2 Å². The van der Waals surface area contributed by atoms with Crippen LogP contribution in [0.1, 0.15) is 41.6 Å². The Kier molecular flexibility index (Phi) is 11.6. The fourth-order valence-electron chi connectivity index (χ4n) is 4.77. The minimum absolute atomic E-state index is 0. The van der Waals surface area contributed by atoms with Gasteiger partial charge in [-0.05, 0) is 53.8 Å². The molecule has 1 heterocycles. The summed E-state index contributed by atoms with van der Waals surface area (Å²) < 4.78 is 6.67. The predicted octanol–water partition coefficient (Wildman–Crippen LogP) is 5.74. The molecule has 2 amide bonds. The van der Waals surface area contributed by atoms with Crippen LogP contribution in [-0.2, 0) is 16.0 Å². The summed E-state index contributed by atoms with van der Waals surface area (Å²) in [6.07, 6.45) is 2.63. The van der Waals surface area contributed by atoms with Gasteiger partial charge in [-0.15, -0.1) is 24.0 Å². The SMILES string of the molecule is C[N+]1(C)CCC(OC(=O)Nc2ccc(CCCC(=O)Nc3ccc(C(=O)[O-])cc3Cl)cc2-c2ccccc2)CC1.I. The van der Waals surface area contributed by atoms with Gasteiger partial charge in [0.15, 0.2) is 0 Å². The normalized spacial score (nSPS) is 14.4. The molecule has 1 fully saturated rings. The summed E-state index contributed by atoms with van der Waals surface area (Å²) in [5.74, 6) is -1.56. The van der Waals surface area contributed by atoms with Crippen LogP contribution in [-0.4, -0.2) is 55.7 Å². The Hall–Kier alpha value is -3.15. The molecule has 0 saturated carbocycles. The van der Waals surface area contributed by atoms with Gasteiger partial charge in [0.25, 0.3) is 0 Å². The van der Waals surface area contributed by atoms with E-state index < -0.39 is 12.1 Å². The van der Waals surface area contributed by atoms with Gasteiger partial charge in [0.1, 0.15) is 6.10 Å². The maximum atomic E-state index is 12.8. The lowest BCUT2D eigenvalue weighted by Crippen LogP contribution is -2.48. The van der Waals surface area contributed by atoms with Gasteiger partial charge in [-0.3, -0.25) is 10.1 Å². The Morgan fingerprint density at radius 1 is 0.951 bits per heavy atom. The van der Waals surface area contributed by atoms with E-state index in [0.717, 1.165) is 47.1 Å². The molecule has 0 aromatic heterocycles. The highest BCUT2D eigenvalue weighted by Crippen LogP contribution is 2.30. The molecular formula is C31H35ClIN3O5.